The fraction of sp³-hybridized carbons (Fsp3) is 0.583. The lowest BCUT2D eigenvalue weighted by molar-refractivity contribution is -0.122. The Bertz CT molecular complexity index is 823. The lowest BCUT2D eigenvalue weighted by atomic mass is 9.88. The number of rotatable bonds is 7. The third kappa shape index (κ3) is 5.69. The number of halogens is 1. The highest BCUT2D eigenvalue weighted by molar-refractivity contribution is 5.76. The Labute approximate surface area is 178 Å². The van der Waals surface area contributed by atoms with Gasteiger partial charge in [-0.1, -0.05) is 31.4 Å². The van der Waals surface area contributed by atoms with Crippen LogP contribution in [0.4, 0.5) is 4.39 Å². The molecule has 1 aliphatic heterocycles. The smallest absolute Gasteiger partial charge is 0.220 e. The zero-order chi connectivity index (χ0) is 20.8. The molecular weight excluding hydrogens is 381 g/mol. The Morgan fingerprint density at radius 3 is 2.67 bits per heavy atom. The molecule has 1 aromatic carbocycles. The number of nitrogens with zero attached hydrogens (tertiary/aromatic N) is 2. The summed E-state index contributed by atoms with van der Waals surface area (Å²) in [7, 11) is 0. The first kappa shape index (κ1) is 21.0. The van der Waals surface area contributed by atoms with E-state index in [1.807, 2.05) is 0 Å². The SMILES string of the molecule is O=C(CCc1ncc(-c2ccccc2F)o1)NC1CCN(CC2CCCCC2)CC1. The van der Waals surface area contributed by atoms with Gasteiger partial charge in [-0.15, -0.1) is 0 Å². The Hall–Kier alpha value is -2.21. The van der Waals surface area contributed by atoms with E-state index in [0.29, 0.717) is 30.1 Å². The minimum absolute atomic E-state index is 0.0337. The second-order valence-electron chi connectivity index (χ2n) is 8.74. The van der Waals surface area contributed by atoms with Crippen molar-refractivity contribution in [1.29, 1.82) is 0 Å². The minimum atomic E-state index is -0.340. The maximum atomic E-state index is 13.9. The summed E-state index contributed by atoms with van der Waals surface area (Å²) in [5.41, 5.74) is 0.390. The molecule has 4 rings (SSSR count). The van der Waals surface area contributed by atoms with Crippen molar-refractivity contribution in [2.24, 2.45) is 5.92 Å². The summed E-state index contributed by atoms with van der Waals surface area (Å²) in [6, 6.07) is 6.71. The van der Waals surface area contributed by atoms with Gasteiger partial charge in [0, 0.05) is 38.5 Å². The number of amides is 1. The van der Waals surface area contributed by atoms with Crippen LogP contribution in [-0.2, 0) is 11.2 Å². The van der Waals surface area contributed by atoms with Gasteiger partial charge in [0.1, 0.15) is 5.82 Å². The zero-order valence-electron chi connectivity index (χ0n) is 17.6. The molecule has 0 atom stereocenters. The van der Waals surface area contributed by atoms with Crippen LogP contribution < -0.4 is 5.32 Å². The topological polar surface area (TPSA) is 58.4 Å². The van der Waals surface area contributed by atoms with Crippen molar-refractivity contribution in [3.63, 3.8) is 0 Å². The molecule has 2 fully saturated rings. The van der Waals surface area contributed by atoms with E-state index in [4.69, 9.17) is 4.42 Å². The third-order valence-corrected chi connectivity index (χ3v) is 6.45. The van der Waals surface area contributed by atoms with E-state index in [-0.39, 0.29) is 17.8 Å². The number of nitrogens with one attached hydrogen (secondary N) is 1. The number of carbonyl (C=O) groups is 1. The number of hydrogen-bond acceptors (Lipinski definition) is 4. The number of piperidine rings is 1. The molecule has 0 spiro atoms. The first-order valence-corrected chi connectivity index (χ1v) is 11.4. The van der Waals surface area contributed by atoms with Crippen LogP contribution in [0.2, 0.25) is 0 Å². The Morgan fingerprint density at radius 1 is 1.13 bits per heavy atom. The standard InChI is InChI=1S/C24H32FN3O2/c25-21-9-5-4-8-20(21)22-16-26-24(30-22)11-10-23(29)27-19-12-14-28(15-13-19)17-18-6-2-1-3-7-18/h4-5,8-9,16,18-19H,1-3,6-7,10-15,17H2,(H,27,29). The average molecular weight is 414 g/mol. The highest BCUT2D eigenvalue weighted by atomic mass is 19.1. The van der Waals surface area contributed by atoms with Crippen LogP contribution >= 0.6 is 0 Å². The third-order valence-electron chi connectivity index (χ3n) is 6.45. The molecule has 0 radical (unpaired) electrons. The summed E-state index contributed by atoms with van der Waals surface area (Å²) in [5.74, 6) is 1.43. The molecule has 30 heavy (non-hydrogen) atoms. The first-order valence-electron chi connectivity index (χ1n) is 11.4. The molecule has 1 N–H and O–H groups in total. The summed E-state index contributed by atoms with van der Waals surface area (Å²) in [4.78, 5) is 19.1. The Morgan fingerprint density at radius 2 is 1.90 bits per heavy atom. The number of hydrogen-bond donors (Lipinski definition) is 1. The number of aryl methyl sites for hydroxylation is 1. The number of aromatic nitrogens is 1. The summed E-state index contributed by atoms with van der Waals surface area (Å²) >= 11 is 0. The largest absolute Gasteiger partial charge is 0.441 e. The van der Waals surface area contributed by atoms with Crippen LogP contribution in [-0.4, -0.2) is 41.5 Å². The molecule has 162 valence electrons. The van der Waals surface area contributed by atoms with Crippen LogP contribution in [0.15, 0.2) is 34.9 Å². The predicted octanol–water partition coefficient (Wildman–Crippen LogP) is 4.57. The molecule has 2 aromatic rings. The van der Waals surface area contributed by atoms with Crippen molar-refractivity contribution in [1.82, 2.24) is 15.2 Å². The summed E-state index contributed by atoms with van der Waals surface area (Å²) in [5, 5.41) is 3.17. The van der Waals surface area contributed by atoms with Gasteiger partial charge >= 0.3 is 0 Å². The van der Waals surface area contributed by atoms with E-state index in [1.54, 1.807) is 18.2 Å². The fourth-order valence-corrected chi connectivity index (χ4v) is 4.73. The molecule has 0 bridgehead atoms. The van der Waals surface area contributed by atoms with Gasteiger partial charge in [-0.25, -0.2) is 9.37 Å². The van der Waals surface area contributed by atoms with E-state index in [0.717, 1.165) is 31.8 Å². The molecule has 0 unspecified atom stereocenters. The highest BCUT2D eigenvalue weighted by Gasteiger charge is 2.23. The van der Waals surface area contributed by atoms with Gasteiger partial charge in [-0.05, 0) is 43.7 Å². The van der Waals surface area contributed by atoms with Crippen LogP contribution in [0.5, 0.6) is 0 Å². The van der Waals surface area contributed by atoms with Crippen LogP contribution in [0.3, 0.4) is 0 Å². The quantitative estimate of drug-likeness (QED) is 0.722. The van der Waals surface area contributed by atoms with Crippen LogP contribution in [0.1, 0.15) is 57.3 Å². The lowest BCUT2D eigenvalue weighted by Crippen LogP contribution is -2.46. The van der Waals surface area contributed by atoms with Crippen molar-refractivity contribution in [2.45, 2.75) is 63.8 Å². The molecule has 1 saturated carbocycles. The zero-order valence-corrected chi connectivity index (χ0v) is 17.6. The van der Waals surface area contributed by atoms with Gasteiger partial charge < -0.3 is 14.6 Å². The van der Waals surface area contributed by atoms with Gasteiger partial charge in [0.2, 0.25) is 5.91 Å². The first-order chi connectivity index (χ1) is 14.7. The Kier molecular flexibility index (Phi) is 7.16. The lowest BCUT2D eigenvalue weighted by Gasteiger charge is -2.35. The van der Waals surface area contributed by atoms with Gasteiger partial charge in [-0.3, -0.25) is 4.79 Å². The van der Waals surface area contributed by atoms with Gasteiger partial charge in [0.25, 0.3) is 0 Å². The van der Waals surface area contributed by atoms with E-state index in [2.05, 4.69) is 15.2 Å². The van der Waals surface area contributed by atoms with Crippen molar-refractivity contribution < 1.29 is 13.6 Å². The average Bonchev–Trinajstić information content (AvgIpc) is 3.24. The van der Waals surface area contributed by atoms with E-state index in [1.165, 1.54) is 50.9 Å². The molecule has 2 heterocycles. The molecule has 6 heteroatoms. The number of likely N-dealkylation sites (tertiary alicyclic amines) is 1. The molecule has 1 amide bonds. The van der Waals surface area contributed by atoms with E-state index < -0.39 is 0 Å². The second kappa shape index (κ2) is 10.2. The molecule has 1 saturated heterocycles. The van der Waals surface area contributed by atoms with Gasteiger partial charge in [0.15, 0.2) is 11.7 Å². The highest BCUT2D eigenvalue weighted by Crippen LogP contribution is 2.26. The van der Waals surface area contributed by atoms with Crippen molar-refractivity contribution in [3.05, 3.63) is 42.2 Å². The van der Waals surface area contributed by atoms with Crippen LogP contribution in [0.25, 0.3) is 11.3 Å². The second-order valence-corrected chi connectivity index (χ2v) is 8.74. The molecular formula is C24H32FN3O2. The van der Waals surface area contributed by atoms with Crippen LogP contribution in [0, 0.1) is 11.7 Å². The van der Waals surface area contributed by atoms with Crippen molar-refractivity contribution in [2.75, 3.05) is 19.6 Å². The summed E-state index contributed by atoms with van der Waals surface area (Å²) in [6.45, 7) is 3.38. The molecule has 2 aliphatic rings. The van der Waals surface area contributed by atoms with Crippen molar-refractivity contribution in [3.8, 4) is 11.3 Å². The van der Waals surface area contributed by atoms with Gasteiger partial charge in [0.05, 0.1) is 11.8 Å². The van der Waals surface area contributed by atoms with Gasteiger partial charge in [-0.2, -0.15) is 0 Å². The minimum Gasteiger partial charge on any atom is -0.441 e. The number of benzene rings is 1. The summed E-state index contributed by atoms with van der Waals surface area (Å²) < 4.78 is 19.5. The summed E-state index contributed by atoms with van der Waals surface area (Å²) in [6.07, 6.45) is 11.3. The predicted molar refractivity (Wildman–Crippen MR) is 114 cm³/mol. The molecule has 5 nitrogen and oxygen atoms in total. The number of carbonyl (C=O) groups excluding carboxylic acids is 1. The normalized spacial score (nSPS) is 19.1. The van der Waals surface area contributed by atoms with Crippen molar-refractivity contribution >= 4 is 5.91 Å². The van der Waals surface area contributed by atoms with E-state index in [9.17, 15) is 9.18 Å². The van der Waals surface area contributed by atoms with E-state index >= 15 is 0 Å². The fourth-order valence-electron chi connectivity index (χ4n) is 4.73. The maximum absolute atomic E-state index is 13.9. The Balaban J connectivity index is 1.17. The number of oxazole rings is 1. The molecule has 1 aromatic heterocycles. The molecule has 1 aliphatic carbocycles. The maximum Gasteiger partial charge on any atom is 0.220 e. The monoisotopic (exact) mass is 413 g/mol.